The maximum absolute atomic E-state index is 13.5. The smallest absolute Gasteiger partial charge is 0.243 e. The third-order valence-corrected chi connectivity index (χ3v) is 4.94. The van der Waals surface area contributed by atoms with Crippen molar-refractivity contribution in [3.05, 3.63) is 23.5 Å². The van der Waals surface area contributed by atoms with Crippen LogP contribution in [-0.2, 0) is 10.0 Å². The van der Waals surface area contributed by atoms with Crippen molar-refractivity contribution >= 4 is 15.7 Å². The summed E-state index contributed by atoms with van der Waals surface area (Å²) < 4.78 is 39.8. The predicted molar refractivity (Wildman–Crippen MR) is 74.8 cm³/mol. The lowest BCUT2D eigenvalue weighted by Crippen LogP contribution is -2.37. The lowest BCUT2D eigenvalue weighted by atomic mass is 10.2. The molecule has 0 bridgehead atoms. The number of sulfonamides is 1. The molecule has 1 aromatic rings. The molecule has 0 aliphatic carbocycles. The molecule has 0 aliphatic rings. The van der Waals surface area contributed by atoms with E-state index in [2.05, 4.69) is 0 Å². The standard InChI is InChI=1S/C13H18FN3O2S/c1-9(2)17(6-4-5-15)20(18,19)11-7-10(3)13(14)12(16)8-11/h7-9H,4,6,16H2,1-3H3. The molecule has 110 valence electrons. The number of aryl methyl sites for hydroxylation is 1. The first-order chi connectivity index (χ1) is 9.21. The fourth-order valence-electron chi connectivity index (χ4n) is 1.86. The summed E-state index contributed by atoms with van der Waals surface area (Å²) in [5, 5.41) is 8.62. The maximum Gasteiger partial charge on any atom is 0.243 e. The van der Waals surface area contributed by atoms with Crippen molar-refractivity contribution in [1.29, 1.82) is 5.26 Å². The normalized spacial score (nSPS) is 11.8. The van der Waals surface area contributed by atoms with E-state index in [0.29, 0.717) is 0 Å². The van der Waals surface area contributed by atoms with Gasteiger partial charge in [0.25, 0.3) is 0 Å². The third-order valence-electron chi connectivity index (χ3n) is 2.88. The summed E-state index contributed by atoms with van der Waals surface area (Å²) in [5.41, 5.74) is 5.46. The zero-order chi connectivity index (χ0) is 15.5. The number of nitrogens with zero attached hydrogens (tertiary/aromatic N) is 2. The number of nitrogen functional groups attached to an aromatic ring is 1. The van der Waals surface area contributed by atoms with Crippen LogP contribution < -0.4 is 5.73 Å². The molecule has 1 aromatic carbocycles. The van der Waals surface area contributed by atoms with Gasteiger partial charge in [-0.25, -0.2) is 12.8 Å². The van der Waals surface area contributed by atoms with Crippen LogP contribution in [-0.4, -0.2) is 25.3 Å². The molecule has 0 heterocycles. The van der Waals surface area contributed by atoms with Gasteiger partial charge in [0.1, 0.15) is 5.82 Å². The minimum atomic E-state index is -3.80. The first-order valence-corrected chi connectivity index (χ1v) is 7.60. The average Bonchev–Trinajstić information content (AvgIpc) is 2.35. The molecule has 20 heavy (non-hydrogen) atoms. The van der Waals surface area contributed by atoms with E-state index in [1.54, 1.807) is 13.8 Å². The van der Waals surface area contributed by atoms with Crippen LogP contribution in [0.25, 0.3) is 0 Å². The maximum atomic E-state index is 13.5. The SMILES string of the molecule is Cc1cc(S(=O)(=O)N(CCC#N)C(C)C)cc(N)c1F. The minimum absolute atomic E-state index is 0.0551. The highest BCUT2D eigenvalue weighted by Gasteiger charge is 2.27. The number of hydrogen-bond donors (Lipinski definition) is 1. The summed E-state index contributed by atoms with van der Waals surface area (Å²) in [4.78, 5) is -0.0551. The first-order valence-electron chi connectivity index (χ1n) is 6.16. The Hall–Kier alpha value is -1.65. The van der Waals surface area contributed by atoms with E-state index in [1.807, 2.05) is 6.07 Å². The molecule has 7 heteroatoms. The molecule has 0 spiro atoms. The van der Waals surface area contributed by atoms with Crippen LogP contribution in [0.4, 0.5) is 10.1 Å². The van der Waals surface area contributed by atoms with E-state index in [-0.39, 0.29) is 35.2 Å². The molecule has 5 nitrogen and oxygen atoms in total. The summed E-state index contributed by atoms with van der Waals surface area (Å²) in [6, 6.07) is 3.98. The van der Waals surface area contributed by atoms with Gasteiger partial charge in [-0.05, 0) is 38.5 Å². The number of nitriles is 1. The Labute approximate surface area is 118 Å². The van der Waals surface area contributed by atoms with Crippen LogP contribution in [0, 0.1) is 24.1 Å². The van der Waals surface area contributed by atoms with Crippen molar-refractivity contribution in [3.63, 3.8) is 0 Å². The van der Waals surface area contributed by atoms with Crippen LogP contribution in [0.2, 0.25) is 0 Å². The lowest BCUT2D eigenvalue weighted by Gasteiger charge is -2.25. The second-order valence-corrected chi connectivity index (χ2v) is 6.65. The van der Waals surface area contributed by atoms with E-state index in [1.165, 1.54) is 17.3 Å². The van der Waals surface area contributed by atoms with Gasteiger partial charge in [0.15, 0.2) is 0 Å². The Morgan fingerprint density at radius 1 is 1.45 bits per heavy atom. The third kappa shape index (κ3) is 3.26. The van der Waals surface area contributed by atoms with Gasteiger partial charge in [-0.3, -0.25) is 0 Å². The Morgan fingerprint density at radius 2 is 2.05 bits per heavy atom. The quantitative estimate of drug-likeness (QED) is 0.843. The zero-order valence-corrected chi connectivity index (χ0v) is 12.5. The predicted octanol–water partition coefficient (Wildman–Crippen LogP) is 2.03. The van der Waals surface area contributed by atoms with Crippen molar-refractivity contribution in [2.75, 3.05) is 12.3 Å². The molecule has 0 aliphatic heterocycles. The summed E-state index contributed by atoms with van der Waals surface area (Å²) in [6.07, 6.45) is 0.0903. The number of nitrogens with two attached hydrogens (primary N) is 1. The Bertz CT molecular complexity index is 613. The number of anilines is 1. The van der Waals surface area contributed by atoms with Crippen molar-refractivity contribution < 1.29 is 12.8 Å². The number of benzene rings is 1. The average molecular weight is 299 g/mol. The second kappa shape index (κ2) is 6.20. The van der Waals surface area contributed by atoms with Crippen LogP contribution >= 0.6 is 0 Å². The van der Waals surface area contributed by atoms with Crippen LogP contribution in [0.5, 0.6) is 0 Å². The highest BCUT2D eigenvalue weighted by atomic mass is 32.2. The Morgan fingerprint density at radius 3 is 2.50 bits per heavy atom. The van der Waals surface area contributed by atoms with Gasteiger partial charge in [0.05, 0.1) is 16.7 Å². The lowest BCUT2D eigenvalue weighted by molar-refractivity contribution is 0.360. The molecule has 0 saturated heterocycles. The van der Waals surface area contributed by atoms with Crippen molar-refractivity contribution in [3.8, 4) is 6.07 Å². The van der Waals surface area contributed by atoms with E-state index < -0.39 is 15.8 Å². The van der Waals surface area contributed by atoms with Gasteiger partial charge in [0.2, 0.25) is 10.0 Å². The highest BCUT2D eigenvalue weighted by molar-refractivity contribution is 7.89. The molecular formula is C13H18FN3O2S. The van der Waals surface area contributed by atoms with Gasteiger partial charge in [-0.15, -0.1) is 0 Å². The minimum Gasteiger partial charge on any atom is -0.396 e. The number of hydrogen-bond acceptors (Lipinski definition) is 4. The summed E-state index contributed by atoms with van der Waals surface area (Å²) >= 11 is 0. The summed E-state index contributed by atoms with van der Waals surface area (Å²) in [6.45, 7) is 4.98. The fourth-order valence-corrected chi connectivity index (χ4v) is 3.62. The zero-order valence-electron chi connectivity index (χ0n) is 11.7. The highest BCUT2D eigenvalue weighted by Crippen LogP contribution is 2.24. The number of halogens is 1. The van der Waals surface area contributed by atoms with Crippen LogP contribution in [0.3, 0.4) is 0 Å². The molecule has 0 aromatic heterocycles. The number of rotatable bonds is 5. The van der Waals surface area contributed by atoms with E-state index in [4.69, 9.17) is 11.0 Å². The second-order valence-electron chi connectivity index (χ2n) is 4.76. The van der Waals surface area contributed by atoms with Crippen molar-refractivity contribution in [1.82, 2.24) is 4.31 Å². The monoisotopic (exact) mass is 299 g/mol. The molecule has 0 amide bonds. The van der Waals surface area contributed by atoms with Crippen molar-refractivity contribution in [2.24, 2.45) is 0 Å². The molecular weight excluding hydrogens is 281 g/mol. The molecule has 0 atom stereocenters. The van der Waals surface area contributed by atoms with Gasteiger partial charge in [0, 0.05) is 19.0 Å². The van der Waals surface area contributed by atoms with Crippen molar-refractivity contribution in [2.45, 2.75) is 38.1 Å². The molecule has 0 fully saturated rings. The van der Waals surface area contributed by atoms with E-state index in [9.17, 15) is 12.8 Å². The molecule has 1 rings (SSSR count). The molecule has 0 unspecified atom stereocenters. The largest absolute Gasteiger partial charge is 0.396 e. The molecule has 0 radical (unpaired) electrons. The van der Waals surface area contributed by atoms with E-state index in [0.717, 1.165) is 6.07 Å². The topological polar surface area (TPSA) is 87.2 Å². The van der Waals surface area contributed by atoms with Gasteiger partial charge in [-0.1, -0.05) is 0 Å². The molecule has 0 saturated carbocycles. The summed E-state index contributed by atoms with van der Waals surface area (Å²) in [5.74, 6) is -0.614. The Kier molecular flexibility index (Phi) is 5.09. The van der Waals surface area contributed by atoms with Gasteiger partial charge >= 0.3 is 0 Å². The van der Waals surface area contributed by atoms with Crippen LogP contribution in [0.1, 0.15) is 25.8 Å². The summed E-state index contributed by atoms with van der Waals surface area (Å²) in [7, 11) is -3.80. The van der Waals surface area contributed by atoms with Crippen LogP contribution in [0.15, 0.2) is 17.0 Å². The van der Waals surface area contributed by atoms with Gasteiger partial charge < -0.3 is 5.73 Å². The Balaban J connectivity index is 3.30. The first kappa shape index (κ1) is 16.4. The van der Waals surface area contributed by atoms with Gasteiger partial charge in [-0.2, -0.15) is 9.57 Å². The fraction of sp³-hybridized carbons (Fsp3) is 0.462. The molecule has 2 N–H and O–H groups in total. The van der Waals surface area contributed by atoms with E-state index >= 15 is 0 Å².